The van der Waals surface area contributed by atoms with Crippen molar-refractivity contribution in [2.45, 2.75) is 17.7 Å². The number of H-pyrrole nitrogens is 2. The number of ether oxygens (including phenoxy) is 1. The first-order valence-corrected chi connectivity index (χ1v) is 9.73. The van der Waals surface area contributed by atoms with E-state index in [1.54, 1.807) is 24.5 Å². The lowest BCUT2D eigenvalue weighted by molar-refractivity contribution is 0.306. The molecule has 27 heavy (non-hydrogen) atoms. The van der Waals surface area contributed by atoms with Crippen LogP contribution in [0.2, 0.25) is 0 Å². The fourth-order valence-corrected chi connectivity index (χ4v) is 3.55. The lowest BCUT2D eigenvalue weighted by Gasteiger charge is -2.08. The SMILES string of the molecule is O=c1[nH]c(=O)c2cc(S(=O)(=O)NCCCCOc3cccnc3)ccc2[nH]1. The molecule has 0 saturated carbocycles. The van der Waals surface area contributed by atoms with E-state index in [9.17, 15) is 18.0 Å². The molecule has 0 unspecified atom stereocenters. The van der Waals surface area contributed by atoms with Gasteiger partial charge in [-0.3, -0.25) is 14.8 Å². The number of sulfonamides is 1. The molecule has 10 heteroatoms. The maximum Gasteiger partial charge on any atom is 0.326 e. The summed E-state index contributed by atoms with van der Waals surface area (Å²) in [5, 5.41) is 0.0994. The number of rotatable bonds is 8. The Morgan fingerprint density at radius 2 is 1.96 bits per heavy atom. The Hall–Kier alpha value is -2.98. The zero-order valence-corrected chi connectivity index (χ0v) is 15.1. The topological polar surface area (TPSA) is 134 Å². The Morgan fingerprint density at radius 1 is 1.11 bits per heavy atom. The third-order valence-electron chi connectivity index (χ3n) is 3.79. The van der Waals surface area contributed by atoms with Crippen LogP contribution in [-0.2, 0) is 10.0 Å². The van der Waals surface area contributed by atoms with E-state index < -0.39 is 21.3 Å². The van der Waals surface area contributed by atoms with Crippen molar-refractivity contribution < 1.29 is 13.2 Å². The molecule has 9 nitrogen and oxygen atoms in total. The third-order valence-corrected chi connectivity index (χ3v) is 5.25. The Labute approximate surface area is 154 Å². The van der Waals surface area contributed by atoms with E-state index >= 15 is 0 Å². The maximum absolute atomic E-state index is 12.4. The first-order valence-electron chi connectivity index (χ1n) is 8.24. The molecule has 0 saturated heterocycles. The van der Waals surface area contributed by atoms with Crippen LogP contribution in [0.4, 0.5) is 0 Å². The Morgan fingerprint density at radius 3 is 2.74 bits per heavy atom. The molecule has 0 aliphatic heterocycles. The predicted octanol–water partition coefficient (Wildman–Crippen LogP) is 0.749. The summed E-state index contributed by atoms with van der Waals surface area (Å²) in [6.45, 7) is 0.685. The van der Waals surface area contributed by atoms with E-state index in [0.29, 0.717) is 25.2 Å². The number of nitrogens with one attached hydrogen (secondary N) is 3. The minimum atomic E-state index is -3.76. The van der Waals surface area contributed by atoms with E-state index in [1.807, 2.05) is 0 Å². The number of hydrogen-bond donors (Lipinski definition) is 3. The smallest absolute Gasteiger partial charge is 0.326 e. The highest BCUT2D eigenvalue weighted by atomic mass is 32.2. The van der Waals surface area contributed by atoms with Crippen LogP contribution in [0.25, 0.3) is 10.9 Å². The highest BCUT2D eigenvalue weighted by molar-refractivity contribution is 7.89. The lowest BCUT2D eigenvalue weighted by Crippen LogP contribution is -2.26. The second-order valence-electron chi connectivity index (χ2n) is 5.76. The van der Waals surface area contributed by atoms with Gasteiger partial charge < -0.3 is 9.72 Å². The van der Waals surface area contributed by atoms with Gasteiger partial charge in [-0.15, -0.1) is 0 Å². The van der Waals surface area contributed by atoms with Crippen LogP contribution >= 0.6 is 0 Å². The molecule has 2 heterocycles. The summed E-state index contributed by atoms with van der Waals surface area (Å²) in [6.07, 6.45) is 4.51. The molecule has 0 aliphatic carbocycles. The van der Waals surface area contributed by atoms with E-state index in [2.05, 4.69) is 19.7 Å². The molecule has 142 valence electrons. The molecule has 1 aromatic carbocycles. The molecule has 0 fully saturated rings. The molecule has 0 radical (unpaired) electrons. The van der Waals surface area contributed by atoms with Gasteiger partial charge >= 0.3 is 5.69 Å². The van der Waals surface area contributed by atoms with Crippen LogP contribution in [0.3, 0.4) is 0 Å². The number of pyridine rings is 1. The number of hydrogen-bond acceptors (Lipinski definition) is 6. The number of benzene rings is 1. The normalized spacial score (nSPS) is 11.6. The highest BCUT2D eigenvalue weighted by Gasteiger charge is 2.15. The van der Waals surface area contributed by atoms with Gasteiger partial charge in [-0.2, -0.15) is 0 Å². The van der Waals surface area contributed by atoms with E-state index in [0.717, 1.165) is 0 Å². The molecule has 3 aromatic rings. The summed E-state index contributed by atoms with van der Waals surface area (Å²) in [5.74, 6) is 0.664. The van der Waals surface area contributed by atoms with Crippen LogP contribution in [0.15, 0.2) is 57.2 Å². The van der Waals surface area contributed by atoms with Crippen LogP contribution in [-0.4, -0.2) is 36.5 Å². The van der Waals surface area contributed by atoms with Gasteiger partial charge in [0.25, 0.3) is 5.56 Å². The number of aromatic amines is 2. The Bertz CT molecular complexity index is 1140. The molecule has 0 atom stereocenters. The van der Waals surface area contributed by atoms with Crippen molar-refractivity contribution in [1.29, 1.82) is 0 Å². The molecule has 0 bridgehead atoms. The molecular weight excluding hydrogens is 372 g/mol. The first kappa shape index (κ1) is 18.8. The fraction of sp³-hybridized carbons (Fsp3) is 0.235. The monoisotopic (exact) mass is 390 g/mol. The standard InChI is InChI=1S/C17H18N4O5S/c22-16-14-10-13(5-6-15(14)20-17(23)21-16)27(24,25)19-8-1-2-9-26-12-4-3-7-18-11-12/h3-7,10-11,19H,1-2,8-9H2,(H2,20,21,22,23). The number of nitrogens with zero attached hydrogens (tertiary/aromatic N) is 1. The maximum atomic E-state index is 12.4. The summed E-state index contributed by atoms with van der Waals surface area (Å²) in [5.41, 5.74) is -1.01. The summed E-state index contributed by atoms with van der Waals surface area (Å²) < 4.78 is 32.7. The van der Waals surface area contributed by atoms with Crippen molar-refractivity contribution in [3.63, 3.8) is 0 Å². The molecule has 0 spiro atoms. The molecule has 3 rings (SSSR count). The van der Waals surface area contributed by atoms with Gasteiger partial charge in [0.05, 0.1) is 28.6 Å². The summed E-state index contributed by atoms with van der Waals surface area (Å²) >= 11 is 0. The van der Waals surface area contributed by atoms with Gasteiger partial charge in [-0.1, -0.05) is 0 Å². The summed E-state index contributed by atoms with van der Waals surface area (Å²) in [6, 6.07) is 7.53. The molecule has 2 aromatic heterocycles. The van der Waals surface area contributed by atoms with Crippen LogP contribution < -0.4 is 20.7 Å². The first-order chi connectivity index (χ1) is 13.0. The number of unbranched alkanes of at least 4 members (excludes halogenated alkanes) is 1. The zero-order chi connectivity index (χ0) is 19.3. The second-order valence-corrected chi connectivity index (χ2v) is 7.52. The zero-order valence-electron chi connectivity index (χ0n) is 14.3. The van der Waals surface area contributed by atoms with E-state index in [4.69, 9.17) is 4.74 Å². The van der Waals surface area contributed by atoms with E-state index in [1.165, 1.54) is 18.2 Å². The van der Waals surface area contributed by atoms with E-state index in [-0.39, 0.29) is 22.3 Å². The molecular formula is C17H18N4O5S. The van der Waals surface area contributed by atoms with Crippen LogP contribution in [0.5, 0.6) is 5.75 Å². The van der Waals surface area contributed by atoms with Crippen molar-refractivity contribution in [3.05, 3.63) is 63.6 Å². The van der Waals surface area contributed by atoms with Crippen molar-refractivity contribution in [3.8, 4) is 5.75 Å². The molecule has 3 N–H and O–H groups in total. The average molecular weight is 390 g/mol. The predicted molar refractivity (Wildman–Crippen MR) is 99.3 cm³/mol. The Kier molecular flexibility index (Phi) is 5.67. The van der Waals surface area contributed by atoms with Crippen LogP contribution in [0, 0.1) is 0 Å². The minimum Gasteiger partial charge on any atom is -0.492 e. The van der Waals surface area contributed by atoms with Crippen LogP contribution in [0.1, 0.15) is 12.8 Å². The number of fused-ring (bicyclic) bond motifs is 1. The van der Waals surface area contributed by atoms with Gasteiger partial charge in [0.15, 0.2) is 0 Å². The van der Waals surface area contributed by atoms with Crippen molar-refractivity contribution in [1.82, 2.24) is 19.7 Å². The lowest BCUT2D eigenvalue weighted by atomic mass is 10.2. The fourth-order valence-electron chi connectivity index (χ4n) is 2.45. The van der Waals surface area contributed by atoms with Gasteiger partial charge in [0.1, 0.15) is 5.75 Å². The van der Waals surface area contributed by atoms with Gasteiger partial charge in [0, 0.05) is 12.7 Å². The second kappa shape index (κ2) is 8.14. The van der Waals surface area contributed by atoms with Crippen molar-refractivity contribution >= 4 is 20.9 Å². The summed E-state index contributed by atoms with van der Waals surface area (Å²) in [4.78, 5) is 31.5. The Balaban J connectivity index is 1.56. The number of aromatic nitrogens is 3. The van der Waals surface area contributed by atoms with Gasteiger partial charge in [0.2, 0.25) is 10.0 Å². The highest BCUT2D eigenvalue weighted by Crippen LogP contribution is 2.14. The average Bonchev–Trinajstić information content (AvgIpc) is 2.65. The largest absolute Gasteiger partial charge is 0.492 e. The summed E-state index contributed by atoms with van der Waals surface area (Å²) in [7, 11) is -3.76. The third kappa shape index (κ3) is 4.80. The van der Waals surface area contributed by atoms with Gasteiger partial charge in [-0.05, 0) is 43.2 Å². The quantitative estimate of drug-likeness (QED) is 0.486. The minimum absolute atomic E-state index is 0.0424. The molecule has 0 amide bonds. The molecule has 0 aliphatic rings. The van der Waals surface area contributed by atoms with Crippen molar-refractivity contribution in [2.75, 3.05) is 13.2 Å². The van der Waals surface area contributed by atoms with Crippen molar-refractivity contribution in [2.24, 2.45) is 0 Å². The van der Waals surface area contributed by atoms with Gasteiger partial charge in [-0.25, -0.2) is 17.9 Å².